The van der Waals surface area contributed by atoms with Crippen molar-refractivity contribution < 1.29 is 20.5 Å². The van der Waals surface area contributed by atoms with Crippen molar-refractivity contribution in [3.05, 3.63) is 59.7 Å². The van der Waals surface area contributed by atoms with Crippen molar-refractivity contribution in [1.29, 1.82) is 0 Å². The van der Waals surface area contributed by atoms with E-state index in [1.807, 2.05) is 48.5 Å². The third-order valence-corrected chi connectivity index (χ3v) is 28.4. The molecular formula is C16H20Cl2O2SiZr. The zero-order valence-corrected chi connectivity index (χ0v) is 18.7. The summed E-state index contributed by atoms with van der Waals surface area (Å²) in [6, 6.07) is 15.7. The van der Waals surface area contributed by atoms with E-state index in [2.05, 4.69) is 0 Å². The average Bonchev–Trinajstić information content (AvgIpc) is 2.72. The Hall–Kier alpha value is -0.120. The molecule has 1 aliphatic rings. The molecule has 6 heteroatoms. The molecule has 0 saturated carbocycles. The Balaban J connectivity index is 2.46. The molecular weight excluding hydrogens is 414 g/mol. The van der Waals surface area contributed by atoms with E-state index in [0.29, 0.717) is 0 Å². The molecule has 0 saturated heterocycles. The van der Waals surface area contributed by atoms with Crippen LogP contribution in [-0.2, 0) is 15.4 Å². The molecule has 0 aromatic heterocycles. The Labute approximate surface area is 134 Å². The van der Waals surface area contributed by atoms with Gasteiger partial charge in [0.15, 0.2) is 0 Å². The molecule has 22 heavy (non-hydrogen) atoms. The minimum atomic E-state index is -6.33. The third-order valence-electron chi connectivity index (χ3n) is 5.00. The quantitative estimate of drug-likeness (QED) is 0.744. The molecule has 1 aliphatic carbocycles. The van der Waals surface area contributed by atoms with E-state index in [0.717, 1.165) is 22.3 Å². The fourth-order valence-corrected chi connectivity index (χ4v) is 22.6. The molecule has 0 bridgehead atoms. The predicted molar refractivity (Wildman–Crippen MR) is 93.8 cm³/mol. The molecule has 0 fully saturated rings. The van der Waals surface area contributed by atoms with Crippen molar-refractivity contribution in [2.75, 3.05) is 6.61 Å². The summed E-state index contributed by atoms with van der Waals surface area (Å²) in [5.74, 6) is 0. The van der Waals surface area contributed by atoms with Crippen LogP contribution in [0.3, 0.4) is 0 Å². The summed E-state index contributed by atoms with van der Waals surface area (Å²) in [4.78, 5) is 0. The van der Waals surface area contributed by atoms with Crippen LogP contribution in [0.5, 0.6) is 0 Å². The monoisotopic (exact) mass is 432 g/mol. The van der Waals surface area contributed by atoms with E-state index in [9.17, 15) is 7.92 Å². The fourth-order valence-electron chi connectivity index (χ4n) is 3.92. The summed E-state index contributed by atoms with van der Waals surface area (Å²) in [5, 5.41) is 9.55. The molecule has 118 valence electrons. The van der Waals surface area contributed by atoms with Gasteiger partial charge in [0, 0.05) is 0 Å². The molecule has 2 nitrogen and oxygen atoms in total. The Morgan fingerprint density at radius 1 is 1.05 bits per heavy atom. The zero-order chi connectivity index (χ0) is 16.3. The first-order valence-corrected chi connectivity index (χ1v) is 28.8. The van der Waals surface area contributed by atoms with Gasteiger partial charge in [-0.2, -0.15) is 0 Å². The standard InChI is InChI=1S/C13H9.C2H5O.CH3.2ClH.O.H3Si.Zr/c1-3-7-12-10(5-1)9-11-6-2-4-8-13(11)12;1-2-3;;;;;;/h1-9H;3H,1-2H2;1H3;2*1H;;1H3;/q;;;;;;;+2/p-2. The molecule has 0 radical (unpaired) electrons. The summed E-state index contributed by atoms with van der Waals surface area (Å²) in [7, 11) is 14.1. The second-order valence-electron chi connectivity index (χ2n) is 8.21. The van der Waals surface area contributed by atoms with Gasteiger partial charge < -0.3 is 0 Å². The summed E-state index contributed by atoms with van der Waals surface area (Å²) < 4.78 is 15.3. The maximum atomic E-state index is 14.4. The zero-order valence-electron chi connectivity index (χ0n) is 12.7. The van der Waals surface area contributed by atoms with Crippen LogP contribution in [0.15, 0.2) is 48.5 Å². The van der Waals surface area contributed by atoms with E-state index in [1.165, 1.54) is 0 Å². The minimum absolute atomic E-state index is 0.0559. The molecule has 3 rings (SSSR count). The molecule has 0 heterocycles. The van der Waals surface area contributed by atoms with Gasteiger partial charge in [-0.25, -0.2) is 0 Å². The number of aliphatic hydroxyl groups is 1. The number of fused-ring (bicyclic) bond motifs is 3. The average molecular weight is 435 g/mol. The van der Waals surface area contributed by atoms with Crippen molar-refractivity contribution in [3.63, 3.8) is 0 Å². The molecule has 1 N–H and O–H groups in total. The Kier molecular flexibility index (Phi) is 2.98. The van der Waals surface area contributed by atoms with Gasteiger partial charge in [0.2, 0.25) is 0 Å². The summed E-state index contributed by atoms with van der Waals surface area (Å²) in [6.07, 6.45) is 0. The van der Waals surface area contributed by atoms with Crippen LogP contribution in [0.1, 0.15) is 14.8 Å². The van der Waals surface area contributed by atoms with Gasteiger partial charge in [0.25, 0.3) is 0 Å². The first kappa shape index (κ1) is 16.7. The van der Waals surface area contributed by atoms with E-state index >= 15 is 0 Å². The van der Waals surface area contributed by atoms with E-state index in [1.54, 1.807) is 4.63 Å². The van der Waals surface area contributed by atoms with E-state index < -0.39 is 16.2 Å². The van der Waals surface area contributed by atoms with Crippen LogP contribution >= 0.6 is 17.0 Å². The third kappa shape index (κ3) is 2.53. The SMILES string of the molecule is [CH3][Zr](=[O])([SiH3])([Cl])([Cl])([CH2]CO)[CH]1c2ccccc2-c2ccccc21. The number of aliphatic hydroxyl groups excluding tert-OH is 1. The topological polar surface area (TPSA) is 37.3 Å². The Bertz CT molecular complexity index is 850. The summed E-state index contributed by atoms with van der Waals surface area (Å²) in [6.45, 7) is -0.279. The number of halogens is 2. The van der Waals surface area contributed by atoms with Crippen molar-refractivity contribution in [3.8, 4) is 11.1 Å². The molecule has 0 aliphatic heterocycles. The number of hydrogen-bond donors (Lipinski definition) is 1. The Morgan fingerprint density at radius 2 is 1.45 bits per heavy atom. The van der Waals surface area contributed by atoms with Gasteiger partial charge >= 0.3 is 135 Å². The van der Waals surface area contributed by atoms with Crippen LogP contribution in [0.4, 0.5) is 0 Å². The van der Waals surface area contributed by atoms with Crippen molar-refractivity contribution in [2.45, 2.75) is 12.4 Å². The van der Waals surface area contributed by atoms with E-state index in [4.69, 9.17) is 17.0 Å². The molecule has 0 atom stereocenters. The summed E-state index contributed by atoms with van der Waals surface area (Å²) in [5.41, 5.74) is 3.89. The Morgan fingerprint density at radius 3 is 1.86 bits per heavy atom. The predicted octanol–water partition coefficient (Wildman–Crippen LogP) is 3.91. The fraction of sp³-hybridized carbons (Fsp3) is 0.250. The normalized spacial score (nSPS) is 19.5. The van der Waals surface area contributed by atoms with Gasteiger partial charge in [-0.3, -0.25) is 0 Å². The maximum absolute atomic E-state index is 14.4. The van der Waals surface area contributed by atoms with Gasteiger partial charge in [0.1, 0.15) is 0 Å². The molecule has 0 spiro atoms. The van der Waals surface area contributed by atoms with Gasteiger partial charge in [-0.15, -0.1) is 0 Å². The van der Waals surface area contributed by atoms with Crippen LogP contribution in [0.2, 0.25) is 8.76 Å². The van der Waals surface area contributed by atoms with Gasteiger partial charge in [-0.1, -0.05) is 0 Å². The first-order chi connectivity index (χ1) is 9.88. The summed E-state index contributed by atoms with van der Waals surface area (Å²) >= 11 is -6.33. The van der Waals surface area contributed by atoms with Crippen molar-refractivity contribution in [2.24, 2.45) is 0 Å². The second kappa shape index (κ2) is 3.92. The molecule has 2 aromatic rings. The molecule has 0 unspecified atom stereocenters. The van der Waals surface area contributed by atoms with Gasteiger partial charge in [-0.05, 0) is 0 Å². The first-order valence-electron chi connectivity index (χ1n) is 7.52. The molecule has 2 aromatic carbocycles. The van der Waals surface area contributed by atoms with Crippen molar-refractivity contribution in [1.82, 2.24) is 0 Å². The van der Waals surface area contributed by atoms with Gasteiger partial charge in [0.05, 0.1) is 0 Å². The van der Waals surface area contributed by atoms with Crippen LogP contribution in [-0.4, -0.2) is 19.1 Å². The number of rotatable bonds is 3. The molecule has 0 amide bonds. The number of benzene rings is 2. The van der Waals surface area contributed by atoms with E-state index in [-0.39, 0.29) is 18.1 Å². The van der Waals surface area contributed by atoms with Crippen LogP contribution in [0.25, 0.3) is 11.1 Å². The van der Waals surface area contributed by atoms with Crippen molar-refractivity contribution >= 4 is 24.4 Å². The second-order valence-corrected chi connectivity index (χ2v) is 80.4. The van der Waals surface area contributed by atoms with Crippen LogP contribution in [0, 0.1) is 0 Å². The number of hydrogen-bond acceptors (Lipinski definition) is 2. The van der Waals surface area contributed by atoms with Crippen LogP contribution < -0.4 is 0 Å².